The molecule has 0 radical (unpaired) electrons. The summed E-state index contributed by atoms with van der Waals surface area (Å²) in [6.07, 6.45) is 4.66. The Morgan fingerprint density at radius 2 is 2.14 bits per heavy atom. The SMILES string of the molecule is C[C@@H]1CCN(c2ccc(C#N)nn2)C[C@@H]1n1nc(N)c2cnc3[nH]ccc3c21. The second-order valence-electron chi connectivity index (χ2n) is 7.26. The minimum Gasteiger partial charge on any atom is -0.382 e. The molecule has 1 saturated heterocycles. The minimum atomic E-state index is 0.131. The molecule has 0 unspecified atom stereocenters. The molecule has 5 heterocycles. The molecule has 0 amide bonds. The molecule has 0 aliphatic carbocycles. The van der Waals surface area contributed by atoms with Crippen molar-refractivity contribution in [3.8, 4) is 6.07 Å². The summed E-state index contributed by atoms with van der Waals surface area (Å²) < 4.78 is 2.05. The zero-order valence-electron chi connectivity index (χ0n) is 15.4. The van der Waals surface area contributed by atoms with Gasteiger partial charge in [-0.1, -0.05) is 6.92 Å². The van der Waals surface area contributed by atoms with Crippen molar-refractivity contribution >= 4 is 33.6 Å². The molecule has 1 fully saturated rings. The Bertz CT molecular complexity index is 1200. The van der Waals surface area contributed by atoms with Gasteiger partial charge in [0.1, 0.15) is 11.7 Å². The van der Waals surface area contributed by atoms with Gasteiger partial charge in [-0.3, -0.25) is 4.68 Å². The highest BCUT2D eigenvalue weighted by Gasteiger charge is 2.31. The van der Waals surface area contributed by atoms with Crippen LogP contribution >= 0.6 is 0 Å². The van der Waals surface area contributed by atoms with Crippen LogP contribution in [0.1, 0.15) is 25.1 Å². The standard InChI is InChI=1S/C19H19N9/c1-11-5-7-27(16-3-2-12(8-20)24-25-16)10-15(11)28-17-13-4-6-22-19(13)23-9-14(17)18(21)26-28/h2-4,6,9,11,15H,5,7,10H2,1H3,(H2,21,26)(H,22,23)/t11-,15+/m1/s1. The van der Waals surface area contributed by atoms with E-state index in [9.17, 15) is 0 Å². The molecule has 1 aliphatic rings. The first-order chi connectivity index (χ1) is 13.7. The topological polar surface area (TPSA) is 125 Å². The Morgan fingerprint density at radius 3 is 2.93 bits per heavy atom. The number of anilines is 2. The van der Waals surface area contributed by atoms with Crippen LogP contribution in [-0.2, 0) is 0 Å². The molecule has 4 aromatic heterocycles. The number of pyridine rings is 1. The molecule has 0 bridgehead atoms. The third-order valence-corrected chi connectivity index (χ3v) is 5.60. The number of aromatic nitrogens is 6. The van der Waals surface area contributed by atoms with Crippen molar-refractivity contribution in [2.24, 2.45) is 5.92 Å². The number of aromatic amines is 1. The predicted molar refractivity (Wildman–Crippen MR) is 106 cm³/mol. The maximum Gasteiger partial charge on any atom is 0.163 e. The van der Waals surface area contributed by atoms with Gasteiger partial charge in [-0.25, -0.2) is 4.98 Å². The summed E-state index contributed by atoms with van der Waals surface area (Å²) >= 11 is 0. The van der Waals surface area contributed by atoms with Crippen LogP contribution in [0.2, 0.25) is 0 Å². The Labute approximate surface area is 160 Å². The molecule has 1 aliphatic heterocycles. The zero-order chi connectivity index (χ0) is 19.3. The highest BCUT2D eigenvalue weighted by Crippen LogP contribution is 2.35. The quantitative estimate of drug-likeness (QED) is 0.552. The van der Waals surface area contributed by atoms with Crippen molar-refractivity contribution in [3.63, 3.8) is 0 Å². The first-order valence-corrected chi connectivity index (χ1v) is 9.24. The highest BCUT2D eigenvalue weighted by molar-refractivity contribution is 6.06. The van der Waals surface area contributed by atoms with Crippen LogP contribution in [0, 0.1) is 17.2 Å². The molecule has 0 spiro atoms. The summed E-state index contributed by atoms with van der Waals surface area (Å²) in [6, 6.07) is 7.70. The van der Waals surface area contributed by atoms with E-state index in [2.05, 4.69) is 41.8 Å². The molecule has 3 N–H and O–H groups in total. The largest absolute Gasteiger partial charge is 0.382 e. The first-order valence-electron chi connectivity index (χ1n) is 9.24. The van der Waals surface area contributed by atoms with Crippen molar-refractivity contribution < 1.29 is 0 Å². The van der Waals surface area contributed by atoms with E-state index in [0.717, 1.165) is 47.3 Å². The van der Waals surface area contributed by atoms with Gasteiger partial charge in [0.05, 0.1) is 16.9 Å². The average Bonchev–Trinajstić information content (AvgIpc) is 3.33. The summed E-state index contributed by atoms with van der Waals surface area (Å²) in [4.78, 5) is 9.79. The van der Waals surface area contributed by atoms with E-state index in [1.54, 1.807) is 12.3 Å². The summed E-state index contributed by atoms with van der Waals surface area (Å²) in [5.74, 6) is 1.69. The number of nitrogens with one attached hydrogen (secondary N) is 1. The molecule has 9 heteroatoms. The smallest absolute Gasteiger partial charge is 0.163 e. The molecule has 140 valence electrons. The van der Waals surface area contributed by atoms with E-state index in [1.165, 1.54) is 0 Å². The molecule has 28 heavy (non-hydrogen) atoms. The number of rotatable bonds is 2. The highest BCUT2D eigenvalue weighted by atomic mass is 15.4. The van der Waals surface area contributed by atoms with Gasteiger partial charge < -0.3 is 15.6 Å². The number of nitrogens with zero attached hydrogens (tertiary/aromatic N) is 7. The molecule has 2 atom stereocenters. The van der Waals surface area contributed by atoms with Gasteiger partial charge in [0.2, 0.25) is 0 Å². The van der Waals surface area contributed by atoms with Crippen LogP contribution in [-0.4, -0.2) is 43.0 Å². The normalized spacial score (nSPS) is 19.9. The van der Waals surface area contributed by atoms with Crippen LogP contribution in [0.4, 0.5) is 11.6 Å². The van der Waals surface area contributed by atoms with E-state index in [4.69, 9.17) is 11.0 Å². The fourth-order valence-electron chi connectivity index (χ4n) is 4.02. The third kappa shape index (κ3) is 2.45. The Hall–Kier alpha value is -3.67. The number of piperidine rings is 1. The fourth-order valence-corrected chi connectivity index (χ4v) is 4.02. The maximum atomic E-state index is 8.94. The van der Waals surface area contributed by atoms with Crippen molar-refractivity contribution in [2.45, 2.75) is 19.4 Å². The van der Waals surface area contributed by atoms with Crippen LogP contribution in [0.15, 0.2) is 30.6 Å². The van der Waals surface area contributed by atoms with Crippen molar-refractivity contribution in [1.29, 1.82) is 5.26 Å². The third-order valence-electron chi connectivity index (χ3n) is 5.60. The van der Waals surface area contributed by atoms with Gasteiger partial charge in [0.25, 0.3) is 0 Å². The summed E-state index contributed by atoms with van der Waals surface area (Å²) in [5, 5.41) is 23.7. The monoisotopic (exact) mass is 373 g/mol. The number of fused-ring (bicyclic) bond motifs is 3. The van der Waals surface area contributed by atoms with Crippen LogP contribution < -0.4 is 10.6 Å². The predicted octanol–water partition coefficient (Wildman–Crippen LogP) is 2.24. The lowest BCUT2D eigenvalue weighted by molar-refractivity contribution is 0.285. The van der Waals surface area contributed by atoms with Gasteiger partial charge in [0.15, 0.2) is 17.3 Å². The summed E-state index contributed by atoms with van der Waals surface area (Å²) in [7, 11) is 0. The van der Waals surface area contributed by atoms with Crippen LogP contribution in [0.5, 0.6) is 0 Å². The van der Waals surface area contributed by atoms with E-state index in [-0.39, 0.29) is 6.04 Å². The van der Waals surface area contributed by atoms with Crippen molar-refractivity contribution in [2.75, 3.05) is 23.7 Å². The lowest BCUT2D eigenvalue weighted by atomic mass is 9.93. The molecule has 4 aromatic rings. The lowest BCUT2D eigenvalue weighted by Crippen LogP contribution is -2.41. The van der Waals surface area contributed by atoms with Gasteiger partial charge >= 0.3 is 0 Å². The van der Waals surface area contributed by atoms with Gasteiger partial charge in [-0.05, 0) is 30.5 Å². The van der Waals surface area contributed by atoms with E-state index in [1.807, 2.05) is 24.4 Å². The number of hydrogen-bond donors (Lipinski definition) is 2. The Morgan fingerprint density at radius 1 is 1.25 bits per heavy atom. The minimum absolute atomic E-state index is 0.131. The Balaban J connectivity index is 1.57. The van der Waals surface area contributed by atoms with E-state index < -0.39 is 0 Å². The molecule has 5 rings (SSSR count). The van der Waals surface area contributed by atoms with Gasteiger partial charge in [-0.2, -0.15) is 10.4 Å². The molecule has 0 aromatic carbocycles. The molecular formula is C19H19N9. The average molecular weight is 373 g/mol. The maximum absolute atomic E-state index is 8.94. The van der Waals surface area contributed by atoms with Gasteiger partial charge in [0, 0.05) is 30.9 Å². The fraction of sp³-hybridized carbons (Fsp3) is 0.316. The Kier molecular flexibility index (Phi) is 3.65. The second-order valence-corrected chi connectivity index (χ2v) is 7.26. The number of nitrogen functional groups attached to an aromatic ring is 1. The summed E-state index contributed by atoms with van der Waals surface area (Å²) in [5.41, 5.74) is 8.37. The molecule has 0 saturated carbocycles. The lowest BCUT2D eigenvalue weighted by Gasteiger charge is -2.37. The molecule has 9 nitrogen and oxygen atoms in total. The van der Waals surface area contributed by atoms with E-state index >= 15 is 0 Å². The number of hydrogen-bond acceptors (Lipinski definition) is 7. The van der Waals surface area contributed by atoms with Crippen molar-refractivity contribution in [1.82, 2.24) is 29.9 Å². The molecular weight excluding hydrogens is 354 g/mol. The zero-order valence-corrected chi connectivity index (χ0v) is 15.4. The number of H-pyrrole nitrogens is 1. The van der Waals surface area contributed by atoms with Crippen molar-refractivity contribution in [3.05, 3.63) is 36.3 Å². The second kappa shape index (κ2) is 6.20. The first kappa shape index (κ1) is 16.5. The number of nitriles is 1. The number of nitrogens with two attached hydrogens (primary N) is 1. The van der Waals surface area contributed by atoms with Gasteiger partial charge in [-0.15, -0.1) is 10.2 Å². The van der Waals surface area contributed by atoms with Crippen LogP contribution in [0.25, 0.3) is 21.9 Å². The van der Waals surface area contributed by atoms with Crippen LogP contribution in [0.3, 0.4) is 0 Å². The van der Waals surface area contributed by atoms with E-state index in [0.29, 0.717) is 17.4 Å². The summed E-state index contributed by atoms with van der Waals surface area (Å²) in [6.45, 7) is 3.87.